The molecule has 3 N–H and O–H groups in total. The van der Waals surface area contributed by atoms with Crippen LogP contribution in [0.1, 0.15) is 22.2 Å². The van der Waals surface area contributed by atoms with Crippen molar-refractivity contribution in [2.45, 2.75) is 13.3 Å². The second-order valence-electron chi connectivity index (χ2n) is 3.23. The van der Waals surface area contributed by atoms with Gasteiger partial charge in [0.1, 0.15) is 0 Å². The van der Waals surface area contributed by atoms with Gasteiger partial charge < -0.3 is 15.6 Å². The number of nitrogens with one attached hydrogen (secondary N) is 1. The molecule has 0 fully saturated rings. The molecule has 0 radical (unpaired) electrons. The van der Waals surface area contributed by atoms with Crippen LogP contribution in [0.4, 0.5) is 5.82 Å². The van der Waals surface area contributed by atoms with E-state index in [1.54, 1.807) is 6.92 Å². The molecule has 0 aliphatic rings. The average molecular weight is 238 g/mol. The highest BCUT2D eigenvalue weighted by atomic mass is 16.6. The molecule has 0 aliphatic carbocycles. The van der Waals surface area contributed by atoms with E-state index in [2.05, 4.69) is 30.4 Å². The van der Waals surface area contributed by atoms with E-state index in [9.17, 15) is 4.79 Å². The maximum Gasteiger partial charge on any atom is 0.277 e. The minimum absolute atomic E-state index is 0.0331. The quantitative estimate of drug-likeness (QED) is 0.715. The number of aryl methyl sites for hydroxylation is 1. The van der Waals surface area contributed by atoms with Crippen molar-refractivity contribution < 1.29 is 13.9 Å². The summed E-state index contributed by atoms with van der Waals surface area (Å²) in [5.41, 5.74) is 5.33. The molecule has 0 aliphatic heterocycles. The van der Waals surface area contributed by atoms with E-state index in [4.69, 9.17) is 10.3 Å². The molecule has 0 aromatic carbocycles. The molecule has 9 heteroatoms. The molecule has 2 aromatic rings. The Bertz CT molecular complexity index is 519. The van der Waals surface area contributed by atoms with E-state index >= 15 is 0 Å². The van der Waals surface area contributed by atoms with Gasteiger partial charge in [-0.05, 0) is 10.3 Å². The van der Waals surface area contributed by atoms with Crippen LogP contribution < -0.4 is 11.1 Å². The molecule has 17 heavy (non-hydrogen) atoms. The fraction of sp³-hybridized carbons (Fsp3) is 0.375. The molecule has 0 unspecified atom stereocenters. The molecular formula is C8H10N6O3. The van der Waals surface area contributed by atoms with Crippen molar-refractivity contribution in [3.63, 3.8) is 0 Å². The van der Waals surface area contributed by atoms with Gasteiger partial charge in [-0.15, -0.1) is 0 Å². The van der Waals surface area contributed by atoms with Crippen LogP contribution in [0, 0.1) is 6.92 Å². The number of amides is 1. The fourth-order valence-electron chi connectivity index (χ4n) is 1.17. The van der Waals surface area contributed by atoms with Crippen molar-refractivity contribution >= 4 is 11.7 Å². The Hall–Kier alpha value is -2.45. The third-order valence-corrected chi connectivity index (χ3v) is 1.93. The van der Waals surface area contributed by atoms with Gasteiger partial charge in [0.2, 0.25) is 17.4 Å². The molecule has 0 bridgehead atoms. The van der Waals surface area contributed by atoms with Gasteiger partial charge in [-0.3, -0.25) is 4.79 Å². The predicted molar refractivity (Wildman–Crippen MR) is 53.8 cm³/mol. The lowest BCUT2D eigenvalue weighted by atomic mass is 10.3. The maximum absolute atomic E-state index is 11.5. The Balaban J connectivity index is 1.83. The van der Waals surface area contributed by atoms with Gasteiger partial charge in [-0.25, -0.2) is 4.63 Å². The maximum atomic E-state index is 11.5. The molecule has 2 heterocycles. The Morgan fingerprint density at radius 1 is 1.41 bits per heavy atom. The normalized spacial score (nSPS) is 10.4. The van der Waals surface area contributed by atoms with Crippen LogP contribution in [0.2, 0.25) is 0 Å². The molecular weight excluding hydrogens is 228 g/mol. The number of carbonyl (C=O) groups excluding carboxylic acids is 1. The van der Waals surface area contributed by atoms with E-state index < -0.39 is 5.91 Å². The standard InChI is InChI=1S/C8H10N6O3/c1-4-11-5(12-16-4)2-3-10-8(15)6-7(9)14-17-13-6/h2-3H2,1H3,(H2,9,14)(H,10,15). The summed E-state index contributed by atoms with van der Waals surface area (Å²) in [6, 6.07) is 0. The molecule has 1 amide bonds. The third kappa shape index (κ3) is 2.56. The van der Waals surface area contributed by atoms with E-state index in [1.165, 1.54) is 0 Å². The summed E-state index contributed by atoms with van der Waals surface area (Å²) in [5.74, 6) is 0.507. The monoisotopic (exact) mass is 238 g/mol. The van der Waals surface area contributed by atoms with Gasteiger partial charge in [0.05, 0.1) is 0 Å². The number of anilines is 1. The van der Waals surface area contributed by atoms with Gasteiger partial charge in [-0.1, -0.05) is 5.16 Å². The Kier molecular flexibility index (Phi) is 2.99. The summed E-state index contributed by atoms with van der Waals surface area (Å²) in [5, 5.41) is 12.9. The van der Waals surface area contributed by atoms with Crippen LogP contribution in [0.5, 0.6) is 0 Å². The average Bonchev–Trinajstić information content (AvgIpc) is 2.87. The highest BCUT2D eigenvalue weighted by molar-refractivity contribution is 5.95. The molecule has 0 atom stereocenters. The Morgan fingerprint density at radius 2 is 2.24 bits per heavy atom. The fourth-order valence-corrected chi connectivity index (χ4v) is 1.17. The summed E-state index contributed by atoms with van der Waals surface area (Å²) < 4.78 is 9.09. The molecule has 0 spiro atoms. The van der Waals surface area contributed by atoms with Gasteiger partial charge in [0, 0.05) is 19.9 Å². The second-order valence-corrected chi connectivity index (χ2v) is 3.23. The molecule has 2 rings (SSSR count). The molecule has 0 saturated carbocycles. The second kappa shape index (κ2) is 4.60. The summed E-state index contributed by atoms with van der Waals surface area (Å²) >= 11 is 0. The first-order valence-electron chi connectivity index (χ1n) is 4.82. The zero-order valence-electron chi connectivity index (χ0n) is 9.01. The van der Waals surface area contributed by atoms with Crippen LogP contribution in [0.15, 0.2) is 9.15 Å². The van der Waals surface area contributed by atoms with Gasteiger partial charge in [-0.2, -0.15) is 4.98 Å². The summed E-state index contributed by atoms with van der Waals surface area (Å²) in [6.45, 7) is 2.03. The number of aromatic nitrogens is 4. The van der Waals surface area contributed by atoms with Crippen molar-refractivity contribution in [2.75, 3.05) is 12.3 Å². The summed E-state index contributed by atoms with van der Waals surface area (Å²) in [6.07, 6.45) is 0.453. The smallest absolute Gasteiger partial charge is 0.277 e. The molecule has 90 valence electrons. The number of hydrogen-bond acceptors (Lipinski definition) is 8. The summed E-state index contributed by atoms with van der Waals surface area (Å²) in [7, 11) is 0. The lowest BCUT2D eigenvalue weighted by Crippen LogP contribution is -2.27. The van der Waals surface area contributed by atoms with E-state index in [-0.39, 0.29) is 11.5 Å². The van der Waals surface area contributed by atoms with Crippen LogP contribution in [-0.2, 0) is 6.42 Å². The van der Waals surface area contributed by atoms with E-state index in [0.29, 0.717) is 24.7 Å². The predicted octanol–water partition coefficient (Wildman–Crippen LogP) is -0.684. The van der Waals surface area contributed by atoms with Crippen LogP contribution in [0.25, 0.3) is 0 Å². The first-order valence-corrected chi connectivity index (χ1v) is 4.82. The molecule has 2 aromatic heterocycles. The number of nitrogens with two attached hydrogens (primary N) is 1. The van der Waals surface area contributed by atoms with Crippen LogP contribution in [-0.4, -0.2) is 32.9 Å². The van der Waals surface area contributed by atoms with Gasteiger partial charge in [0.15, 0.2) is 5.82 Å². The van der Waals surface area contributed by atoms with E-state index in [1.807, 2.05) is 0 Å². The number of hydrogen-bond donors (Lipinski definition) is 2. The highest BCUT2D eigenvalue weighted by Crippen LogP contribution is 2.03. The number of rotatable bonds is 4. The first-order chi connectivity index (χ1) is 8.16. The Morgan fingerprint density at radius 3 is 2.82 bits per heavy atom. The molecule has 0 saturated heterocycles. The minimum atomic E-state index is -0.455. The Labute approximate surface area is 95.3 Å². The van der Waals surface area contributed by atoms with Crippen molar-refractivity contribution in [2.24, 2.45) is 0 Å². The number of carbonyl (C=O) groups is 1. The van der Waals surface area contributed by atoms with Crippen LogP contribution >= 0.6 is 0 Å². The van der Waals surface area contributed by atoms with Crippen molar-refractivity contribution in [3.8, 4) is 0 Å². The zero-order chi connectivity index (χ0) is 12.3. The lowest BCUT2D eigenvalue weighted by molar-refractivity contribution is 0.0944. The first kappa shape index (κ1) is 11.0. The SMILES string of the molecule is Cc1nc(CCNC(=O)c2nonc2N)no1. The van der Waals surface area contributed by atoms with Crippen LogP contribution in [0.3, 0.4) is 0 Å². The zero-order valence-corrected chi connectivity index (χ0v) is 9.01. The highest BCUT2D eigenvalue weighted by Gasteiger charge is 2.15. The summed E-state index contributed by atoms with van der Waals surface area (Å²) in [4.78, 5) is 15.5. The third-order valence-electron chi connectivity index (χ3n) is 1.93. The lowest BCUT2D eigenvalue weighted by Gasteiger charge is -1.99. The largest absolute Gasteiger partial charge is 0.379 e. The molecule has 9 nitrogen and oxygen atoms in total. The minimum Gasteiger partial charge on any atom is -0.379 e. The van der Waals surface area contributed by atoms with Gasteiger partial charge in [0.25, 0.3) is 5.91 Å². The van der Waals surface area contributed by atoms with E-state index in [0.717, 1.165) is 0 Å². The number of nitrogens with zero attached hydrogens (tertiary/aromatic N) is 4. The van der Waals surface area contributed by atoms with Gasteiger partial charge >= 0.3 is 0 Å². The topological polar surface area (TPSA) is 133 Å². The number of nitrogen functional groups attached to an aromatic ring is 1. The van der Waals surface area contributed by atoms with Crippen molar-refractivity contribution in [1.29, 1.82) is 0 Å². The van der Waals surface area contributed by atoms with Crippen molar-refractivity contribution in [1.82, 2.24) is 25.8 Å². The van der Waals surface area contributed by atoms with Crippen molar-refractivity contribution in [3.05, 3.63) is 17.4 Å².